The fourth-order valence-electron chi connectivity index (χ4n) is 1.70. The average molecular weight is 246 g/mol. The monoisotopic (exact) mass is 246 g/mol. The molecule has 18 heavy (non-hydrogen) atoms. The smallest absolute Gasteiger partial charge is 0.222 e. The summed E-state index contributed by atoms with van der Waals surface area (Å²) in [5.74, 6) is 0.662. The highest BCUT2D eigenvalue weighted by molar-refractivity contribution is 5.23. The first-order chi connectivity index (χ1) is 8.77. The van der Waals surface area contributed by atoms with Gasteiger partial charge in [0.2, 0.25) is 5.95 Å². The van der Waals surface area contributed by atoms with Gasteiger partial charge >= 0.3 is 0 Å². The van der Waals surface area contributed by atoms with Gasteiger partial charge in [0.1, 0.15) is 0 Å². The first-order valence-electron chi connectivity index (χ1n) is 5.99. The van der Waals surface area contributed by atoms with Crippen LogP contribution in [0.5, 0.6) is 0 Å². The molecule has 2 rings (SSSR count). The summed E-state index contributed by atoms with van der Waals surface area (Å²) in [4.78, 5) is 8.18. The molecule has 6 nitrogen and oxygen atoms in total. The molecule has 0 saturated carbocycles. The van der Waals surface area contributed by atoms with Gasteiger partial charge in [-0.25, -0.2) is 9.97 Å². The van der Waals surface area contributed by atoms with Crippen LogP contribution in [0.4, 0.5) is 5.95 Å². The first kappa shape index (κ1) is 12.5. The molecule has 3 N–H and O–H groups in total. The van der Waals surface area contributed by atoms with E-state index in [1.165, 1.54) is 5.56 Å². The molecule has 2 heterocycles. The predicted molar refractivity (Wildman–Crippen MR) is 70.3 cm³/mol. The number of anilines is 1. The van der Waals surface area contributed by atoms with Gasteiger partial charge in [-0.2, -0.15) is 5.10 Å². The van der Waals surface area contributed by atoms with Gasteiger partial charge in [-0.15, -0.1) is 0 Å². The second-order valence-electron chi connectivity index (χ2n) is 4.09. The Morgan fingerprint density at radius 3 is 2.61 bits per heavy atom. The molecule has 0 aromatic carbocycles. The Hall–Kier alpha value is -1.95. The number of hydrogen-bond donors (Lipinski definition) is 3. The van der Waals surface area contributed by atoms with Crippen LogP contribution in [0, 0.1) is 13.8 Å². The standard InChI is InChI=1S/C12H18N6/c1-9-11(10(2)18-17-9)8-13-6-7-16-12-14-4-3-5-15-12/h3-5,13H,6-8H2,1-2H3,(H,17,18)(H,14,15,16). The lowest BCUT2D eigenvalue weighted by Gasteiger charge is -2.06. The molecule has 0 radical (unpaired) electrons. The lowest BCUT2D eigenvalue weighted by atomic mass is 10.2. The first-order valence-corrected chi connectivity index (χ1v) is 5.99. The number of aromatic nitrogens is 4. The quantitative estimate of drug-likeness (QED) is 0.663. The second kappa shape index (κ2) is 6.11. The zero-order chi connectivity index (χ0) is 12.8. The summed E-state index contributed by atoms with van der Waals surface area (Å²) in [6.07, 6.45) is 3.45. The van der Waals surface area contributed by atoms with Crippen molar-refractivity contribution in [3.8, 4) is 0 Å². The summed E-state index contributed by atoms with van der Waals surface area (Å²) in [7, 11) is 0. The highest BCUT2D eigenvalue weighted by atomic mass is 15.1. The van der Waals surface area contributed by atoms with Gasteiger partial charge in [-0.3, -0.25) is 5.10 Å². The number of hydrogen-bond acceptors (Lipinski definition) is 5. The minimum absolute atomic E-state index is 0.662. The highest BCUT2D eigenvalue weighted by Crippen LogP contribution is 2.07. The molecule has 0 spiro atoms. The van der Waals surface area contributed by atoms with Gasteiger partial charge < -0.3 is 10.6 Å². The molecule has 0 aliphatic heterocycles. The Morgan fingerprint density at radius 2 is 1.94 bits per heavy atom. The van der Waals surface area contributed by atoms with Crippen molar-refractivity contribution in [3.63, 3.8) is 0 Å². The lowest BCUT2D eigenvalue weighted by molar-refractivity contribution is 0.699. The van der Waals surface area contributed by atoms with E-state index < -0.39 is 0 Å². The molecular weight excluding hydrogens is 228 g/mol. The SMILES string of the molecule is Cc1n[nH]c(C)c1CNCCNc1ncccn1. The molecule has 0 aliphatic carbocycles. The van der Waals surface area contributed by atoms with Crippen LogP contribution >= 0.6 is 0 Å². The number of nitrogens with zero attached hydrogens (tertiary/aromatic N) is 3. The fourth-order valence-corrected chi connectivity index (χ4v) is 1.70. The maximum atomic E-state index is 4.16. The minimum Gasteiger partial charge on any atom is -0.353 e. The minimum atomic E-state index is 0.662. The van der Waals surface area contributed by atoms with Crippen LogP contribution in [0.2, 0.25) is 0 Å². The van der Waals surface area contributed by atoms with Crippen LogP contribution in [0.1, 0.15) is 17.0 Å². The summed E-state index contributed by atoms with van der Waals surface area (Å²) in [6.45, 7) is 6.51. The van der Waals surface area contributed by atoms with E-state index in [-0.39, 0.29) is 0 Å². The van der Waals surface area contributed by atoms with Gasteiger partial charge in [-0.1, -0.05) is 0 Å². The van der Waals surface area contributed by atoms with Crippen molar-refractivity contribution in [2.24, 2.45) is 0 Å². The van der Waals surface area contributed by atoms with Crippen LogP contribution < -0.4 is 10.6 Å². The van der Waals surface area contributed by atoms with Crippen molar-refractivity contribution >= 4 is 5.95 Å². The fraction of sp³-hybridized carbons (Fsp3) is 0.417. The number of aryl methyl sites for hydroxylation is 2. The van der Waals surface area contributed by atoms with Gasteiger partial charge in [0.15, 0.2) is 0 Å². The Balaban J connectivity index is 1.68. The Bertz CT molecular complexity index is 459. The second-order valence-corrected chi connectivity index (χ2v) is 4.09. The van der Waals surface area contributed by atoms with Gasteiger partial charge in [0.05, 0.1) is 5.69 Å². The van der Waals surface area contributed by atoms with E-state index in [9.17, 15) is 0 Å². The largest absolute Gasteiger partial charge is 0.353 e. The van der Waals surface area contributed by atoms with E-state index in [0.717, 1.165) is 31.0 Å². The number of nitrogens with one attached hydrogen (secondary N) is 3. The summed E-state index contributed by atoms with van der Waals surface area (Å²) in [5.41, 5.74) is 3.42. The third kappa shape index (κ3) is 3.27. The van der Waals surface area contributed by atoms with Crippen molar-refractivity contribution < 1.29 is 0 Å². The van der Waals surface area contributed by atoms with E-state index in [1.807, 2.05) is 13.8 Å². The van der Waals surface area contributed by atoms with Crippen LogP contribution in [0.3, 0.4) is 0 Å². The molecular formula is C12H18N6. The van der Waals surface area contributed by atoms with Crippen molar-refractivity contribution in [3.05, 3.63) is 35.4 Å². The summed E-state index contributed by atoms with van der Waals surface area (Å²) in [6, 6.07) is 1.80. The van der Waals surface area contributed by atoms with Crippen LogP contribution in [-0.4, -0.2) is 33.3 Å². The molecule has 2 aromatic heterocycles. The Labute approximate surface area is 106 Å². The zero-order valence-corrected chi connectivity index (χ0v) is 10.7. The molecule has 6 heteroatoms. The van der Waals surface area contributed by atoms with Crippen LogP contribution in [0.25, 0.3) is 0 Å². The zero-order valence-electron chi connectivity index (χ0n) is 10.7. The normalized spacial score (nSPS) is 10.6. The number of H-pyrrole nitrogens is 1. The number of rotatable bonds is 6. The summed E-state index contributed by atoms with van der Waals surface area (Å²) >= 11 is 0. The average Bonchev–Trinajstić information content (AvgIpc) is 2.71. The Kier molecular flexibility index (Phi) is 4.25. The molecule has 2 aromatic rings. The molecule has 0 aliphatic rings. The van der Waals surface area contributed by atoms with Gasteiger partial charge in [-0.05, 0) is 19.9 Å². The van der Waals surface area contributed by atoms with Crippen molar-refractivity contribution in [1.82, 2.24) is 25.5 Å². The van der Waals surface area contributed by atoms with E-state index >= 15 is 0 Å². The van der Waals surface area contributed by atoms with E-state index in [0.29, 0.717) is 5.95 Å². The molecule has 0 amide bonds. The molecule has 0 fully saturated rings. The van der Waals surface area contributed by atoms with Crippen LogP contribution in [-0.2, 0) is 6.54 Å². The molecule has 0 unspecified atom stereocenters. The van der Waals surface area contributed by atoms with E-state index in [2.05, 4.69) is 30.8 Å². The van der Waals surface area contributed by atoms with Gasteiger partial charge in [0, 0.05) is 43.3 Å². The molecule has 96 valence electrons. The maximum absolute atomic E-state index is 4.16. The van der Waals surface area contributed by atoms with Crippen LogP contribution in [0.15, 0.2) is 18.5 Å². The third-order valence-corrected chi connectivity index (χ3v) is 2.73. The highest BCUT2D eigenvalue weighted by Gasteiger charge is 2.04. The summed E-state index contributed by atoms with van der Waals surface area (Å²) < 4.78 is 0. The van der Waals surface area contributed by atoms with Crippen molar-refractivity contribution in [2.75, 3.05) is 18.4 Å². The van der Waals surface area contributed by atoms with E-state index in [4.69, 9.17) is 0 Å². The Morgan fingerprint density at radius 1 is 1.17 bits per heavy atom. The van der Waals surface area contributed by atoms with Crippen molar-refractivity contribution in [2.45, 2.75) is 20.4 Å². The van der Waals surface area contributed by atoms with Gasteiger partial charge in [0.25, 0.3) is 0 Å². The topological polar surface area (TPSA) is 78.5 Å². The third-order valence-electron chi connectivity index (χ3n) is 2.73. The van der Waals surface area contributed by atoms with Crippen molar-refractivity contribution in [1.29, 1.82) is 0 Å². The summed E-state index contributed by atoms with van der Waals surface area (Å²) in [5, 5.41) is 13.6. The number of aromatic amines is 1. The maximum Gasteiger partial charge on any atom is 0.222 e. The molecule has 0 saturated heterocycles. The predicted octanol–water partition coefficient (Wildman–Crippen LogP) is 1.02. The molecule has 0 atom stereocenters. The lowest BCUT2D eigenvalue weighted by Crippen LogP contribution is -2.22. The van der Waals surface area contributed by atoms with E-state index in [1.54, 1.807) is 18.5 Å². The molecule has 0 bridgehead atoms.